The summed E-state index contributed by atoms with van der Waals surface area (Å²) in [5, 5.41) is 14.7. The second-order valence-corrected chi connectivity index (χ2v) is 9.10. The smallest absolute Gasteiger partial charge is 0.293 e. The number of para-hydroxylation sites is 1. The summed E-state index contributed by atoms with van der Waals surface area (Å²) < 4.78 is 0. The van der Waals surface area contributed by atoms with Crippen LogP contribution < -0.4 is 10.2 Å². The highest BCUT2D eigenvalue weighted by molar-refractivity contribution is 5.97. The van der Waals surface area contributed by atoms with Gasteiger partial charge < -0.3 is 15.1 Å². The van der Waals surface area contributed by atoms with Crippen molar-refractivity contribution < 1.29 is 14.5 Å². The number of hydrogen-bond acceptors (Lipinski definition) is 5. The van der Waals surface area contributed by atoms with Crippen molar-refractivity contribution in [3.63, 3.8) is 0 Å². The third-order valence-corrected chi connectivity index (χ3v) is 6.54. The molecular formula is C25H30N4O4. The van der Waals surface area contributed by atoms with Crippen LogP contribution in [-0.2, 0) is 4.79 Å². The van der Waals surface area contributed by atoms with Crippen LogP contribution in [0.25, 0.3) is 0 Å². The van der Waals surface area contributed by atoms with Crippen LogP contribution in [0.1, 0.15) is 43.0 Å². The molecule has 2 aromatic rings. The first-order valence-corrected chi connectivity index (χ1v) is 11.6. The first-order valence-electron chi connectivity index (χ1n) is 11.6. The second-order valence-electron chi connectivity index (χ2n) is 9.10. The number of nitrogens with zero attached hydrogens (tertiary/aromatic N) is 3. The number of carbonyl (C=O) groups excluding carboxylic acids is 2. The molecule has 2 heterocycles. The van der Waals surface area contributed by atoms with Crippen molar-refractivity contribution >= 4 is 28.9 Å². The Labute approximate surface area is 193 Å². The lowest BCUT2D eigenvalue weighted by atomic mass is 9.96. The maximum atomic E-state index is 13.2. The van der Waals surface area contributed by atoms with Crippen LogP contribution in [0.3, 0.4) is 0 Å². The third-order valence-electron chi connectivity index (χ3n) is 6.54. The van der Waals surface area contributed by atoms with Gasteiger partial charge in [0.05, 0.1) is 10.8 Å². The lowest BCUT2D eigenvalue weighted by Gasteiger charge is -2.33. The van der Waals surface area contributed by atoms with E-state index in [1.165, 1.54) is 6.07 Å². The molecule has 174 valence electrons. The fourth-order valence-electron chi connectivity index (χ4n) is 4.80. The SMILES string of the molecule is C[C@@H]1CCCN(c2ccc(C(=O)N3CCC[C@@H](C(=O)Nc4ccccc4)C3)cc2[N+](=O)[O-])C1. The zero-order valence-corrected chi connectivity index (χ0v) is 18.9. The third kappa shape index (κ3) is 5.32. The van der Waals surface area contributed by atoms with Crippen LogP contribution in [0.5, 0.6) is 0 Å². The molecule has 8 nitrogen and oxygen atoms in total. The minimum atomic E-state index is -0.405. The van der Waals surface area contributed by atoms with E-state index >= 15 is 0 Å². The molecule has 2 saturated heterocycles. The summed E-state index contributed by atoms with van der Waals surface area (Å²) in [6, 6.07) is 14.0. The van der Waals surface area contributed by atoms with Gasteiger partial charge in [0.2, 0.25) is 5.91 Å². The number of nitrogens with one attached hydrogen (secondary N) is 1. The summed E-state index contributed by atoms with van der Waals surface area (Å²) in [4.78, 5) is 41.0. The summed E-state index contributed by atoms with van der Waals surface area (Å²) in [5.74, 6) is -0.216. The van der Waals surface area contributed by atoms with Gasteiger partial charge in [0.1, 0.15) is 5.69 Å². The quantitative estimate of drug-likeness (QED) is 0.541. The molecule has 0 radical (unpaired) electrons. The average molecular weight is 451 g/mol. The van der Waals surface area contributed by atoms with Gasteiger partial charge in [-0.2, -0.15) is 0 Å². The Bertz CT molecular complexity index is 1030. The van der Waals surface area contributed by atoms with E-state index in [9.17, 15) is 19.7 Å². The summed E-state index contributed by atoms with van der Waals surface area (Å²) in [6.45, 7) is 4.54. The van der Waals surface area contributed by atoms with Crippen molar-refractivity contribution in [1.82, 2.24) is 4.90 Å². The summed E-state index contributed by atoms with van der Waals surface area (Å²) in [6.07, 6.45) is 3.53. The fourth-order valence-corrected chi connectivity index (χ4v) is 4.80. The Hall–Kier alpha value is -3.42. The van der Waals surface area contributed by atoms with Crippen LogP contribution in [0, 0.1) is 22.0 Å². The van der Waals surface area contributed by atoms with Gasteiger partial charge in [-0.25, -0.2) is 0 Å². The topological polar surface area (TPSA) is 95.8 Å². The number of piperidine rings is 2. The zero-order valence-electron chi connectivity index (χ0n) is 18.9. The molecule has 2 amide bonds. The van der Waals surface area contributed by atoms with Crippen molar-refractivity contribution in [1.29, 1.82) is 0 Å². The lowest BCUT2D eigenvalue weighted by Crippen LogP contribution is -2.43. The molecule has 2 fully saturated rings. The molecule has 2 aliphatic heterocycles. The maximum absolute atomic E-state index is 13.2. The molecule has 0 unspecified atom stereocenters. The molecule has 0 spiro atoms. The Morgan fingerprint density at radius 3 is 2.52 bits per heavy atom. The maximum Gasteiger partial charge on any atom is 0.293 e. The van der Waals surface area contributed by atoms with Crippen LogP contribution >= 0.6 is 0 Å². The highest BCUT2D eigenvalue weighted by Gasteiger charge is 2.31. The molecule has 0 aromatic heterocycles. The van der Waals surface area contributed by atoms with Gasteiger partial charge in [-0.05, 0) is 55.9 Å². The van der Waals surface area contributed by atoms with E-state index in [2.05, 4.69) is 12.2 Å². The average Bonchev–Trinajstić information content (AvgIpc) is 2.84. The number of benzene rings is 2. The Kier molecular flexibility index (Phi) is 6.91. The zero-order chi connectivity index (χ0) is 23.4. The van der Waals surface area contributed by atoms with Crippen LogP contribution in [-0.4, -0.2) is 47.8 Å². The normalized spacial score (nSPS) is 20.9. The van der Waals surface area contributed by atoms with Crippen molar-refractivity contribution in [2.45, 2.75) is 32.6 Å². The summed E-state index contributed by atoms with van der Waals surface area (Å²) >= 11 is 0. The molecule has 4 rings (SSSR count). The first kappa shape index (κ1) is 22.8. The Morgan fingerprint density at radius 1 is 1.03 bits per heavy atom. The van der Waals surface area contributed by atoms with Gasteiger partial charge in [-0.15, -0.1) is 0 Å². The number of nitro benzene ring substituents is 1. The molecule has 8 heteroatoms. The van der Waals surface area contributed by atoms with Crippen molar-refractivity contribution in [2.24, 2.45) is 11.8 Å². The van der Waals surface area contributed by atoms with Crippen LogP contribution in [0.2, 0.25) is 0 Å². The predicted molar refractivity (Wildman–Crippen MR) is 127 cm³/mol. The van der Waals surface area contributed by atoms with Crippen LogP contribution in [0.4, 0.5) is 17.1 Å². The first-order chi connectivity index (χ1) is 15.9. The molecule has 2 atom stereocenters. The molecule has 1 N–H and O–H groups in total. The van der Waals surface area contributed by atoms with E-state index in [-0.39, 0.29) is 23.4 Å². The number of hydrogen-bond donors (Lipinski definition) is 1. The molecule has 2 aromatic carbocycles. The molecule has 0 bridgehead atoms. The number of rotatable bonds is 5. The minimum absolute atomic E-state index is 0.0367. The van der Waals surface area contributed by atoms with E-state index < -0.39 is 4.92 Å². The Morgan fingerprint density at radius 2 is 1.79 bits per heavy atom. The van der Waals surface area contributed by atoms with Crippen molar-refractivity contribution in [3.05, 3.63) is 64.2 Å². The van der Waals surface area contributed by atoms with Gasteiger partial charge in [-0.3, -0.25) is 19.7 Å². The number of anilines is 2. The van der Waals surface area contributed by atoms with E-state index in [0.29, 0.717) is 43.1 Å². The van der Waals surface area contributed by atoms with Crippen molar-refractivity contribution in [2.75, 3.05) is 36.4 Å². The molecule has 33 heavy (non-hydrogen) atoms. The lowest BCUT2D eigenvalue weighted by molar-refractivity contribution is -0.384. The van der Waals surface area contributed by atoms with Crippen molar-refractivity contribution in [3.8, 4) is 0 Å². The monoisotopic (exact) mass is 450 g/mol. The second kappa shape index (κ2) is 10.0. The standard InChI is InChI=1S/C25H30N4O4/c1-18-7-5-13-27(16-18)22-12-11-19(15-23(22)29(32)33)25(31)28-14-6-8-20(17-28)24(30)26-21-9-3-2-4-10-21/h2-4,9-12,15,18,20H,5-8,13-14,16-17H2,1H3,(H,26,30)/t18-,20-/m1/s1. The molecule has 0 aliphatic carbocycles. The number of amides is 2. The van der Waals surface area contributed by atoms with Gasteiger partial charge in [0.15, 0.2) is 0 Å². The Balaban J connectivity index is 1.48. The van der Waals surface area contributed by atoms with Gasteiger partial charge in [-0.1, -0.05) is 25.1 Å². The molecule has 0 saturated carbocycles. The summed E-state index contributed by atoms with van der Waals surface area (Å²) in [5.41, 5.74) is 1.55. The molecule has 2 aliphatic rings. The fraction of sp³-hybridized carbons (Fsp3) is 0.440. The van der Waals surface area contributed by atoms with Gasteiger partial charge in [0, 0.05) is 43.5 Å². The highest BCUT2D eigenvalue weighted by Crippen LogP contribution is 2.33. The number of likely N-dealkylation sites (tertiary alicyclic amines) is 1. The van der Waals surface area contributed by atoms with Gasteiger partial charge in [0.25, 0.3) is 11.6 Å². The van der Waals surface area contributed by atoms with E-state index in [0.717, 1.165) is 31.6 Å². The minimum Gasteiger partial charge on any atom is -0.366 e. The van der Waals surface area contributed by atoms with Gasteiger partial charge >= 0.3 is 0 Å². The summed E-state index contributed by atoms with van der Waals surface area (Å²) in [7, 11) is 0. The van der Waals surface area contributed by atoms with E-state index in [4.69, 9.17) is 0 Å². The van der Waals surface area contributed by atoms with E-state index in [1.54, 1.807) is 17.0 Å². The van der Waals surface area contributed by atoms with Crippen LogP contribution in [0.15, 0.2) is 48.5 Å². The van der Waals surface area contributed by atoms with E-state index in [1.807, 2.05) is 35.2 Å². The largest absolute Gasteiger partial charge is 0.366 e. The molecular weight excluding hydrogens is 420 g/mol. The number of nitro groups is 1. The predicted octanol–water partition coefficient (Wildman–Crippen LogP) is 4.32. The highest BCUT2D eigenvalue weighted by atomic mass is 16.6. The number of carbonyl (C=O) groups is 2.